The number of hydrogen-bond acceptors (Lipinski definition) is 3. The van der Waals surface area contributed by atoms with Crippen LogP contribution in [0.25, 0.3) is 0 Å². The van der Waals surface area contributed by atoms with Crippen LogP contribution in [0, 0.1) is 6.92 Å². The molecule has 1 amide bonds. The summed E-state index contributed by atoms with van der Waals surface area (Å²) in [5.74, 6) is 0.0796. The van der Waals surface area contributed by atoms with E-state index >= 15 is 0 Å². The third kappa shape index (κ3) is 1.78. The number of nitrogens with zero attached hydrogens (tertiary/aromatic N) is 1. The van der Waals surface area contributed by atoms with E-state index < -0.39 is 0 Å². The molecule has 0 atom stereocenters. The molecule has 18 heavy (non-hydrogen) atoms. The van der Waals surface area contributed by atoms with Crippen LogP contribution >= 0.6 is 11.3 Å². The highest BCUT2D eigenvalue weighted by Gasteiger charge is 2.25. The number of carbonyl (C=O) groups is 1. The minimum Gasteiger partial charge on any atom is -0.398 e. The van der Waals surface area contributed by atoms with E-state index in [-0.39, 0.29) is 5.91 Å². The molecule has 2 N–H and O–H groups in total. The molecule has 1 aromatic carbocycles. The van der Waals surface area contributed by atoms with Gasteiger partial charge in [-0.3, -0.25) is 4.79 Å². The van der Waals surface area contributed by atoms with Crippen LogP contribution in [-0.2, 0) is 13.1 Å². The zero-order chi connectivity index (χ0) is 12.7. The molecule has 0 bridgehead atoms. The smallest absolute Gasteiger partial charge is 0.264 e. The summed E-state index contributed by atoms with van der Waals surface area (Å²) in [7, 11) is 0. The van der Waals surface area contributed by atoms with Gasteiger partial charge in [0.2, 0.25) is 0 Å². The van der Waals surface area contributed by atoms with Crippen LogP contribution in [0.1, 0.15) is 25.7 Å². The lowest BCUT2D eigenvalue weighted by atomic mass is 10.1. The maximum atomic E-state index is 12.4. The third-order valence-electron chi connectivity index (χ3n) is 3.29. The van der Waals surface area contributed by atoms with Gasteiger partial charge in [-0.1, -0.05) is 24.3 Å². The molecule has 0 aliphatic carbocycles. The molecule has 0 saturated heterocycles. The predicted octanol–water partition coefficient (Wildman–Crippen LogP) is 2.79. The van der Waals surface area contributed by atoms with Crippen molar-refractivity contribution in [2.24, 2.45) is 0 Å². The molecule has 1 aromatic heterocycles. The second-order valence-corrected chi connectivity index (χ2v) is 5.81. The lowest BCUT2D eigenvalue weighted by molar-refractivity contribution is 0.0756. The Hall–Kier alpha value is -1.81. The van der Waals surface area contributed by atoms with Gasteiger partial charge < -0.3 is 10.6 Å². The van der Waals surface area contributed by atoms with Crippen molar-refractivity contribution < 1.29 is 4.79 Å². The summed E-state index contributed by atoms with van der Waals surface area (Å²) in [5.41, 5.74) is 8.99. The van der Waals surface area contributed by atoms with Crippen LogP contribution in [0.2, 0.25) is 0 Å². The summed E-state index contributed by atoms with van der Waals surface area (Å²) in [4.78, 5) is 16.0. The lowest BCUT2D eigenvalue weighted by Crippen LogP contribution is -2.24. The van der Waals surface area contributed by atoms with Crippen LogP contribution in [-0.4, -0.2) is 10.8 Å². The normalized spacial score (nSPS) is 13.7. The highest BCUT2D eigenvalue weighted by molar-refractivity contribution is 7.14. The zero-order valence-electron chi connectivity index (χ0n) is 10.1. The number of fused-ring (bicyclic) bond motifs is 1. The summed E-state index contributed by atoms with van der Waals surface area (Å²) in [6.07, 6.45) is 0. The second kappa shape index (κ2) is 4.14. The number of anilines is 1. The number of thiophene rings is 1. The van der Waals surface area contributed by atoms with Crippen molar-refractivity contribution in [3.8, 4) is 0 Å². The summed E-state index contributed by atoms with van der Waals surface area (Å²) in [6, 6.07) is 9.97. The minimum atomic E-state index is 0.0796. The topological polar surface area (TPSA) is 46.3 Å². The second-order valence-electron chi connectivity index (χ2n) is 4.55. The quantitative estimate of drug-likeness (QED) is 0.855. The minimum absolute atomic E-state index is 0.0796. The first kappa shape index (κ1) is 11.3. The Balaban J connectivity index is 1.84. The predicted molar refractivity (Wildman–Crippen MR) is 73.5 cm³/mol. The fraction of sp³-hybridized carbons (Fsp3) is 0.214. The van der Waals surface area contributed by atoms with Gasteiger partial charge in [-0.2, -0.15) is 0 Å². The Morgan fingerprint density at radius 3 is 2.39 bits per heavy atom. The van der Waals surface area contributed by atoms with E-state index in [1.165, 1.54) is 22.5 Å². The van der Waals surface area contributed by atoms with Gasteiger partial charge in [0, 0.05) is 23.7 Å². The van der Waals surface area contributed by atoms with Crippen molar-refractivity contribution in [3.05, 3.63) is 51.2 Å². The van der Waals surface area contributed by atoms with Gasteiger partial charge in [0.1, 0.15) is 0 Å². The van der Waals surface area contributed by atoms with E-state index in [1.54, 1.807) is 6.07 Å². The van der Waals surface area contributed by atoms with E-state index in [4.69, 9.17) is 5.73 Å². The number of carbonyl (C=O) groups excluding carboxylic acids is 1. The van der Waals surface area contributed by atoms with Crippen molar-refractivity contribution in [1.29, 1.82) is 0 Å². The van der Waals surface area contributed by atoms with Crippen LogP contribution < -0.4 is 5.73 Å². The van der Waals surface area contributed by atoms with E-state index in [9.17, 15) is 4.79 Å². The molecule has 0 unspecified atom stereocenters. The average Bonchev–Trinajstić information content (AvgIpc) is 2.93. The summed E-state index contributed by atoms with van der Waals surface area (Å²) < 4.78 is 0. The number of hydrogen-bond donors (Lipinski definition) is 1. The largest absolute Gasteiger partial charge is 0.398 e. The molecular formula is C14H14N2OS. The number of rotatable bonds is 1. The maximum absolute atomic E-state index is 12.4. The molecule has 0 saturated carbocycles. The van der Waals surface area contributed by atoms with Crippen molar-refractivity contribution in [3.63, 3.8) is 0 Å². The van der Waals surface area contributed by atoms with Crippen LogP contribution in [0.4, 0.5) is 5.69 Å². The molecule has 92 valence electrons. The van der Waals surface area contributed by atoms with Gasteiger partial charge in [-0.15, -0.1) is 11.3 Å². The number of nitrogen functional groups attached to an aromatic ring is 1. The Morgan fingerprint density at radius 2 is 1.89 bits per heavy atom. The van der Waals surface area contributed by atoms with Crippen molar-refractivity contribution in [1.82, 2.24) is 4.90 Å². The molecule has 2 aromatic rings. The monoisotopic (exact) mass is 258 g/mol. The third-order valence-corrected chi connectivity index (χ3v) is 4.35. The van der Waals surface area contributed by atoms with E-state index in [1.807, 2.05) is 24.0 Å². The standard InChI is InChI=1S/C14H14N2OS/c1-9-12(15)6-13(18-9)14(17)16-7-10-4-2-3-5-11(10)8-16/h2-6H,7-8,15H2,1H3. The molecule has 3 rings (SSSR count). The fourth-order valence-corrected chi connectivity index (χ4v) is 3.14. The highest BCUT2D eigenvalue weighted by Crippen LogP contribution is 2.28. The first-order valence-corrected chi connectivity index (χ1v) is 6.69. The Kier molecular flexibility index (Phi) is 2.59. The zero-order valence-corrected chi connectivity index (χ0v) is 11.0. The van der Waals surface area contributed by atoms with Gasteiger partial charge in [0.25, 0.3) is 5.91 Å². The Morgan fingerprint density at radius 1 is 1.28 bits per heavy atom. The van der Waals surface area contributed by atoms with Crippen LogP contribution in [0.3, 0.4) is 0 Å². The van der Waals surface area contributed by atoms with Gasteiger partial charge in [0.15, 0.2) is 0 Å². The fourth-order valence-electron chi connectivity index (χ4n) is 2.23. The van der Waals surface area contributed by atoms with E-state index in [0.29, 0.717) is 18.8 Å². The Bertz CT molecular complexity index is 574. The highest BCUT2D eigenvalue weighted by atomic mass is 32.1. The number of nitrogens with two attached hydrogens (primary N) is 1. The average molecular weight is 258 g/mol. The molecule has 3 nitrogen and oxygen atoms in total. The molecule has 1 aliphatic rings. The van der Waals surface area contributed by atoms with Crippen LogP contribution in [0.15, 0.2) is 30.3 Å². The summed E-state index contributed by atoms with van der Waals surface area (Å²) in [5, 5.41) is 0. The Labute approximate surface area is 110 Å². The number of amides is 1. The SMILES string of the molecule is Cc1sc(C(=O)N2Cc3ccccc3C2)cc1N. The van der Waals surface area contributed by atoms with Gasteiger partial charge in [-0.05, 0) is 24.1 Å². The van der Waals surface area contributed by atoms with Crippen LogP contribution in [0.5, 0.6) is 0 Å². The van der Waals surface area contributed by atoms with Crippen molar-refractivity contribution in [2.45, 2.75) is 20.0 Å². The summed E-state index contributed by atoms with van der Waals surface area (Å²) >= 11 is 1.47. The molecule has 0 fully saturated rings. The number of aryl methyl sites for hydroxylation is 1. The summed E-state index contributed by atoms with van der Waals surface area (Å²) in [6.45, 7) is 3.34. The van der Waals surface area contributed by atoms with Crippen molar-refractivity contribution in [2.75, 3.05) is 5.73 Å². The maximum Gasteiger partial charge on any atom is 0.264 e. The van der Waals surface area contributed by atoms with E-state index in [0.717, 1.165) is 9.75 Å². The van der Waals surface area contributed by atoms with E-state index in [2.05, 4.69) is 12.1 Å². The lowest BCUT2D eigenvalue weighted by Gasteiger charge is -2.13. The molecular weight excluding hydrogens is 244 g/mol. The van der Waals surface area contributed by atoms with Gasteiger partial charge in [0.05, 0.1) is 4.88 Å². The molecule has 0 radical (unpaired) electrons. The van der Waals surface area contributed by atoms with Crippen molar-refractivity contribution >= 4 is 22.9 Å². The number of benzene rings is 1. The van der Waals surface area contributed by atoms with Gasteiger partial charge in [-0.25, -0.2) is 0 Å². The van der Waals surface area contributed by atoms with Gasteiger partial charge >= 0.3 is 0 Å². The first-order valence-electron chi connectivity index (χ1n) is 5.87. The molecule has 1 aliphatic heterocycles. The molecule has 0 spiro atoms. The molecule has 4 heteroatoms. The molecule has 2 heterocycles. The first-order chi connectivity index (χ1) is 8.65.